The second-order valence-electron chi connectivity index (χ2n) is 5.22. The van der Waals surface area contributed by atoms with Crippen molar-refractivity contribution in [1.29, 1.82) is 0 Å². The molecule has 110 valence electrons. The lowest BCUT2D eigenvalue weighted by molar-refractivity contribution is -0.00389. The number of fused-ring (bicyclic) bond motifs is 3. The van der Waals surface area contributed by atoms with Gasteiger partial charge in [-0.3, -0.25) is 0 Å². The Bertz CT molecular complexity index is 759. The zero-order valence-electron chi connectivity index (χ0n) is 11.2. The van der Waals surface area contributed by atoms with Crippen LogP contribution < -0.4 is 0 Å². The summed E-state index contributed by atoms with van der Waals surface area (Å²) in [7, 11) is -3.49. The summed E-state index contributed by atoms with van der Waals surface area (Å²) in [4.78, 5) is 0.308. The number of aromatic nitrogens is 3. The Labute approximate surface area is 122 Å². The highest BCUT2D eigenvalue weighted by Gasteiger charge is 2.44. The molecule has 2 aliphatic heterocycles. The fourth-order valence-electron chi connectivity index (χ4n) is 2.90. The maximum atomic E-state index is 12.7. The van der Waals surface area contributed by atoms with Crippen molar-refractivity contribution in [3.63, 3.8) is 0 Å². The Morgan fingerprint density at radius 2 is 2.00 bits per heavy atom. The van der Waals surface area contributed by atoms with Gasteiger partial charge >= 0.3 is 0 Å². The van der Waals surface area contributed by atoms with Crippen LogP contribution in [0.1, 0.15) is 11.7 Å². The molecule has 0 saturated carbocycles. The molecule has 0 spiro atoms. The van der Waals surface area contributed by atoms with E-state index in [0.717, 1.165) is 5.69 Å². The van der Waals surface area contributed by atoms with Crippen molar-refractivity contribution < 1.29 is 13.2 Å². The second-order valence-corrected chi connectivity index (χ2v) is 7.16. The summed E-state index contributed by atoms with van der Waals surface area (Å²) >= 11 is 0. The van der Waals surface area contributed by atoms with E-state index in [1.807, 2.05) is 0 Å². The quantitative estimate of drug-likeness (QED) is 0.804. The van der Waals surface area contributed by atoms with E-state index in [-0.39, 0.29) is 12.1 Å². The molecule has 8 heteroatoms. The van der Waals surface area contributed by atoms with Gasteiger partial charge in [-0.15, -0.1) is 5.10 Å². The second kappa shape index (κ2) is 4.62. The van der Waals surface area contributed by atoms with E-state index in [1.54, 1.807) is 41.2 Å². The van der Waals surface area contributed by atoms with Crippen molar-refractivity contribution >= 4 is 10.0 Å². The Balaban J connectivity index is 1.66. The van der Waals surface area contributed by atoms with Crippen molar-refractivity contribution in [3.05, 3.63) is 42.2 Å². The van der Waals surface area contributed by atoms with Gasteiger partial charge in [0, 0.05) is 13.1 Å². The van der Waals surface area contributed by atoms with Crippen LogP contribution in [0, 0.1) is 0 Å². The van der Waals surface area contributed by atoms with E-state index in [1.165, 1.54) is 4.31 Å². The van der Waals surface area contributed by atoms with Crippen molar-refractivity contribution in [3.8, 4) is 0 Å². The van der Waals surface area contributed by atoms with Crippen molar-refractivity contribution in [2.24, 2.45) is 0 Å². The number of nitrogens with zero attached hydrogens (tertiary/aromatic N) is 4. The molecule has 2 aliphatic rings. The fourth-order valence-corrected chi connectivity index (χ4v) is 4.39. The first-order valence-corrected chi connectivity index (χ1v) is 8.16. The van der Waals surface area contributed by atoms with Gasteiger partial charge < -0.3 is 4.74 Å². The highest BCUT2D eigenvalue weighted by atomic mass is 32.2. The van der Waals surface area contributed by atoms with Crippen LogP contribution in [-0.4, -0.2) is 46.9 Å². The van der Waals surface area contributed by atoms with E-state index in [4.69, 9.17) is 4.74 Å². The molecule has 0 bridgehead atoms. The van der Waals surface area contributed by atoms with Gasteiger partial charge in [-0.05, 0) is 12.1 Å². The standard InChI is InChI=1S/C13H14N4O3S/c18-21(19,11-4-2-1-3-5-11)16-7-12-13(8-16)20-9-10-6-14-15-17(10)12/h1-6,12-13H,7-9H2/t12-,13-/m0/s1. The van der Waals surface area contributed by atoms with E-state index in [2.05, 4.69) is 10.3 Å². The van der Waals surface area contributed by atoms with E-state index in [0.29, 0.717) is 24.6 Å². The normalized spacial score (nSPS) is 25.5. The van der Waals surface area contributed by atoms with Gasteiger partial charge in [0.15, 0.2) is 0 Å². The smallest absolute Gasteiger partial charge is 0.243 e. The van der Waals surface area contributed by atoms with E-state index in [9.17, 15) is 8.42 Å². The average molecular weight is 306 g/mol. The molecule has 1 aromatic heterocycles. The molecule has 0 unspecified atom stereocenters. The van der Waals surface area contributed by atoms with Crippen molar-refractivity contribution in [2.45, 2.75) is 23.6 Å². The predicted octanol–water partition coefficient (Wildman–Crippen LogP) is 0.422. The molecule has 4 rings (SSSR count). The molecule has 0 amide bonds. The highest BCUT2D eigenvalue weighted by Crippen LogP contribution is 2.33. The number of rotatable bonds is 2. The zero-order valence-corrected chi connectivity index (χ0v) is 12.0. The SMILES string of the molecule is O=S(=O)(c1ccccc1)N1C[C@@H]2OCc3cnnn3[C@H]2C1. The monoisotopic (exact) mass is 306 g/mol. The molecule has 1 saturated heterocycles. The van der Waals surface area contributed by atoms with Gasteiger partial charge in [0.1, 0.15) is 0 Å². The van der Waals surface area contributed by atoms with Crippen molar-refractivity contribution in [2.75, 3.05) is 13.1 Å². The van der Waals surface area contributed by atoms with Crippen LogP contribution in [0.2, 0.25) is 0 Å². The van der Waals surface area contributed by atoms with Crippen LogP contribution >= 0.6 is 0 Å². The number of hydrogen-bond acceptors (Lipinski definition) is 5. The van der Waals surface area contributed by atoms with Gasteiger partial charge in [0.05, 0.1) is 35.5 Å². The maximum Gasteiger partial charge on any atom is 0.243 e. The Kier molecular flexibility index (Phi) is 2.84. The minimum absolute atomic E-state index is 0.102. The lowest BCUT2D eigenvalue weighted by Crippen LogP contribution is -2.32. The van der Waals surface area contributed by atoms with Crippen LogP contribution in [0.3, 0.4) is 0 Å². The minimum Gasteiger partial charge on any atom is -0.368 e. The van der Waals surface area contributed by atoms with Gasteiger partial charge in [-0.25, -0.2) is 13.1 Å². The highest BCUT2D eigenvalue weighted by molar-refractivity contribution is 7.89. The van der Waals surface area contributed by atoms with Crippen LogP contribution in [0.4, 0.5) is 0 Å². The van der Waals surface area contributed by atoms with Gasteiger partial charge in [-0.2, -0.15) is 4.31 Å². The Morgan fingerprint density at radius 1 is 1.19 bits per heavy atom. The zero-order chi connectivity index (χ0) is 14.4. The van der Waals surface area contributed by atoms with Crippen molar-refractivity contribution in [1.82, 2.24) is 19.3 Å². The van der Waals surface area contributed by atoms with Crippen LogP contribution in [0.25, 0.3) is 0 Å². The number of benzene rings is 1. The molecule has 2 aromatic rings. The number of sulfonamides is 1. The van der Waals surface area contributed by atoms with Crippen LogP contribution in [0.15, 0.2) is 41.4 Å². The maximum absolute atomic E-state index is 12.7. The molecule has 21 heavy (non-hydrogen) atoms. The number of hydrogen-bond donors (Lipinski definition) is 0. The predicted molar refractivity (Wildman–Crippen MR) is 72.8 cm³/mol. The summed E-state index contributed by atoms with van der Waals surface area (Å²) in [6, 6.07) is 8.37. The third-order valence-corrected chi connectivity index (χ3v) is 5.84. The molecular weight excluding hydrogens is 292 g/mol. The molecule has 0 N–H and O–H groups in total. The summed E-state index contributed by atoms with van der Waals surface area (Å²) in [5.41, 5.74) is 0.884. The summed E-state index contributed by atoms with van der Waals surface area (Å²) in [6.45, 7) is 1.13. The van der Waals surface area contributed by atoms with Crippen LogP contribution in [-0.2, 0) is 21.4 Å². The Hall–Kier alpha value is -1.77. The third kappa shape index (κ3) is 1.98. The fraction of sp³-hybridized carbons (Fsp3) is 0.385. The molecule has 1 aromatic carbocycles. The molecule has 0 aliphatic carbocycles. The largest absolute Gasteiger partial charge is 0.368 e. The molecule has 1 fully saturated rings. The summed E-state index contributed by atoms with van der Waals surface area (Å²) in [5, 5.41) is 7.93. The van der Waals surface area contributed by atoms with Gasteiger partial charge in [0.25, 0.3) is 0 Å². The summed E-state index contributed by atoms with van der Waals surface area (Å²) < 4.78 is 34.3. The van der Waals surface area contributed by atoms with Crippen LogP contribution in [0.5, 0.6) is 0 Å². The molecular formula is C13H14N4O3S. The summed E-state index contributed by atoms with van der Waals surface area (Å²) in [5.74, 6) is 0. The summed E-state index contributed by atoms with van der Waals surface area (Å²) in [6.07, 6.45) is 1.49. The average Bonchev–Trinajstić information content (AvgIpc) is 3.14. The minimum atomic E-state index is -3.49. The first-order chi connectivity index (χ1) is 10.2. The molecule has 2 atom stereocenters. The lowest BCUT2D eigenvalue weighted by Gasteiger charge is -2.25. The number of ether oxygens (including phenoxy) is 1. The molecule has 3 heterocycles. The van der Waals surface area contributed by atoms with Gasteiger partial charge in [0.2, 0.25) is 10.0 Å². The van der Waals surface area contributed by atoms with E-state index < -0.39 is 10.0 Å². The third-order valence-electron chi connectivity index (χ3n) is 3.99. The Morgan fingerprint density at radius 3 is 2.81 bits per heavy atom. The topological polar surface area (TPSA) is 77.3 Å². The first kappa shape index (κ1) is 12.9. The lowest BCUT2D eigenvalue weighted by atomic mass is 10.2. The first-order valence-electron chi connectivity index (χ1n) is 6.72. The molecule has 7 nitrogen and oxygen atoms in total. The van der Waals surface area contributed by atoms with E-state index >= 15 is 0 Å². The molecule has 0 radical (unpaired) electrons. The van der Waals surface area contributed by atoms with Gasteiger partial charge in [-0.1, -0.05) is 23.4 Å².